The van der Waals surface area contributed by atoms with E-state index in [2.05, 4.69) is 50.1 Å². The summed E-state index contributed by atoms with van der Waals surface area (Å²) >= 11 is 0. The van der Waals surface area contributed by atoms with E-state index in [1.54, 1.807) is 0 Å². The van der Waals surface area contributed by atoms with Crippen LogP contribution < -0.4 is 9.80 Å². The standard InChI is InChI=1S/C24H25N4.Bi.2H2/c1-27(2)23-12-8-21(9-13-23)25-17-19-6-5-7-20(16-19)18-26-22-10-14-24(15-11-22)28(3)4;;;/h5-15,17-18H,1-4H3;;2*1H. The number of aliphatic imine (C=N–C) groups is 2. The molecule has 0 saturated heterocycles. The Balaban J connectivity index is 0.00000300. The fraction of sp³-hybridized carbons (Fsp3) is 0.167. The van der Waals surface area contributed by atoms with E-state index in [0.29, 0.717) is 0 Å². The van der Waals surface area contributed by atoms with Gasteiger partial charge in [-0.25, -0.2) is 0 Å². The average Bonchev–Trinajstić information content (AvgIpc) is 2.71. The first kappa shape index (κ1) is 22.8. The van der Waals surface area contributed by atoms with E-state index in [-0.39, 0.29) is 29.1 Å². The molecular formula is C24H29BiN4. The molecule has 0 aliphatic rings. The Kier molecular flexibility index (Phi) is 8.54. The number of hydrogen-bond acceptors (Lipinski definition) is 4. The SMILES string of the molecule is CN(C)c1ccc(N=Cc2[c]c(C=Nc3ccc(N(C)C)cc3)ccc2)cc1.[Bi].[HH].[HH]. The summed E-state index contributed by atoms with van der Waals surface area (Å²) in [5, 5.41) is 0. The minimum atomic E-state index is 0. The number of rotatable bonds is 6. The van der Waals surface area contributed by atoms with Gasteiger partial charge in [0, 0.05) is 98.2 Å². The molecule has 0 heterocycles. The van der Waals surface area contributed by atoms with E-state index < -0.39 is 0 Å². The Morgan fingerprint density at radius 3 is 1.38 bits per heavy atom. The Labute approximate surface area is 195 Å². The predicted molar refractivity (Wildman–Crippen MR) is 131 cm³/mol. The summed E-state index contributed by atoms with van der Waals surface area (Å²) in [6, 6.07) is 25.6. The van der Waals surface area contributed by atoms with Crippen LogP contribution >= 0.6 is 0 Å². The van der Waals surface area contributed by atoms with E-state index >= 15 is 0 Å². The van der Waals surface area contributed by atoms with E-state index in [9.17, 15) is 0 Å². The van der Waals surface area contributed by atoms with Crippen molar-refractivity contribution < 1.29 is 2.85 Å². The minimum absolute atomic E-state index is 0. The van der Waals surface area contributed by atoms with E-state index in [1.807, 2.05) is 83.1 Å². The van der Waals surface area contributed by atoms with E-state index in [0.717, 1.165) is 33.9 Å². The molecule has 0 saturated carbocycles. The largest absolute Gasteiger partial charge is 0.378 e. The molecule has 150 valence electrons. The number of nitrogens with zero attached hydrogens (tertiary/aromatic N) is 4. The molecular weight excluding hydrogens is 553 g/mol. The first-order chi connectivity index (χ1) is 13.5. The van der Waals surface area contributed by atoms with Crippen LogP contribution in [0.2, 0.25) is 0 Å². The second-order valence-electron chi connectivity index (χ2n) is 6.90. The molecule has 4 radical (unpaired) electrons. The third kappa shape index (κ3) is 6.79. The Bertz CT molecular complexity index is 893. The van der Waals surface area contributed by atoms with Crippen LogP contribution in [0.4, 0.5) is 22.7 Å². The van der Waals surface area contributed by atoms with Crippen LogP contribution in [-0.4, -0.2) is 66.8 Å². The summed E-state index contributed by atoms with van der Waals surface area (Å²) in [5.41, 5.74) is 5.98. The first-order valence-corrected chi connectivity index (χ1v) is 9.16. The zero-order chi connectivity index (χ0) is 19.9. The maximum Gasteiger partial charge on any atom is 0.0631 e. The van der Waals surface area contributed by atoms with Gasteiger partial charge in [0.15, 0.2) is 0 Å². The Morgan fingerprint density at radius 1 is 0.655 bits per heavy atom. The van der Waals surface area contributed by atoms with Crippen LogP contribution in [0.25, 0.3) is 0 Å². The summed E-state index contributed by atoms with van der Waals surface area (Å²) in [6.07, 6.45) is 3.65. The zero-order valence-corrected chi connectivity index (χ0v) is 20.7. The predicted octanol–water partition coefficient (Wildman–Crippen LogP) is 5.23. The van der Waals surface area contributed by atoms with Crippen molar-refractivity contribution in [2.45, 2.75) is 0 Å². The van der Waals surface area contributed by atoms with Gasteiger partial charge in [0.1, 0.15) is 0 Å². The van der Waals surface area contributed by atoms with Gasteiger partial charge < -0.3 is 9.80 Å². The second-order valence-corrected chi connectivity index (χ2v) is 6.90. The Hall–Kier alpha value is -2.52. The van der Waals surface area contributed by atoms with Crippen molar-refractivity contribution in [1.82, 2.24) is 0 Å². The van der Waals surface area contributed by atoms with Crippen molar-refractivity contribution in [2.24, 2.45) is 9.98 Å². The van der Waals surface area contributed by atoms with Crippen molar-refractivity contribution in [3.63, 3.8) is 0 Å². The van der Waals surface area contributed by atoms with Crippen LogP contribution in [0.1, 0.15) is 14.0 Å². The summed E-state index contributed by atoms with van der Waals surface area (Å²) in [7, 11) is 8.10. The van der Waals surface area contributed by atoms with Crippen LogP contribution in [0.5, 0.6) is 0 Å². The molecule has 0 spiro atoms. The molecule has 0 unspecified atom stereocenters. The quantitative estimate of drug-likeness (QED) is 0.295. The van der Waals surface area contributed by atoms with Crippen molar-refractivity contribution in [1.29, 1.82) is 0 Å². The normalized spacial score (nSPS) is 10.9. The molecule has 0 N–H and O–H groups in total. The van der Waals surface area contributed by atoms with Crippen molar-refractivity contribution in [2.75, 3.05) is 38.0 Å². The molecule has 0 fully saturated rings. The fourth-order valence-corrected chi connectivity index (χ4v) is 2.62. The topological polar surface area (TPSA) is 31.2 Å². The Morgan fingerprint density at radius 2 is 1.03 bits per heavy atom. The van der Waals surface area contributed by atoms with Gasteiger partial charge in [0.25, 0.3) is 0 Å². The van der Waals surface area contributed by atoms with Crippen LogP contribution in [0.3, 0.4) is 0 Å². The number of hydrogen-bond donors (Lipinski definition) is 0. The van der Waals surface area contributed by atoms with Gasteiger partial charge in [0.05, 0.1) is 11.4 Å². The van der Waals surface area contributed by atoms with Gasteiger partial charge >= 0.3 is 0 Å². The molecule has 0 aromatic heterocycles. The van der Waals surface area contributed by atoms with Crippen LogP contribution in [-0.2, 0) is 0 Å². The number of anilines is 2. The van der Waals surface area contributed by atoms with Gasteiger partial charge in [-0.15, -0.1) is 0 Å². The molecule has 5 heteroatoms. The van der Waals surface area contributed by atoms with E-state index in [1.165, 1.54) is 0 Å². The third-order valence-electron chi connectivity index (χ3n) is 4.28. The average molecular weight is 583 g/mol. The second kappa shape index (κ2) is 10.9. The van der Waals surface area contributed by atoms with Crippen molar-refractivity contribution >= 4 is 61.4 Å². The van der Waals surface area contributed by atoms with Gasteiger partial charge in [-0.05, 0) is 48.5 Å². The molecule has 0 bridgehead atoms. The van der Waals surface area contributed by atoms with Crippen LogP contribution in [0, 0.1) is 6.07 Å². The maximum atomic E-state index is 4.54. The van der Waals surface area contributed by atoms with Gasteiger partial charge in [-0.1, -0.05) is 18.2 Å². The van der Waals surface area contributed by atoms with Crippen LogP contribution in [0.15, 0.2) is 76.7 Å². The number of benzene rings is 3. The molecule has 4 nitrogen and oxygen atoms in total. The maximum absolute atomic E-state index is 4.54. The molecule has 0 atom stereocenters. The summed E-state index contributed by atoms with van der Waals surface area (Å²) < 4.78 is 0. The zero-order valence-electron chi connectivity index (χ0n) is 17.2. The first-order valence-electron chi connectivity index (χ1n) is 9.16. The monoisotopic (exact) mass is 582 g/mol. The molecule has 3 aromatic carbocycles. The minimum Gasteiger partial charge on any atom is -0.378 e. The summed E-state index contributed by atoms with van der Waals surface area (Å²) in [6.45, 7) is 0. The molecule has 0 aliphatic carbocycles. The molecule has 3 aromatic rings. The van der Waals surface area contributed by atoms with Crippen molar-refractivity contribution in [3.8, 4) is 0 Å². The third-order valence-corrected chi connectivity index (χ3v) is 4.28. The summed E-state index contributed by atoms with van der Waals surface area (Å²) in [4.78, 5) is 13.2. The van der Waals surface area contributed by atoms with Gasteiger partial charge in [-0.2, -0.15) is 0 Å². The molecule has 0 amide bonds. The van der Waals surface area contributed by atoms with E-state index in [4.69, 9.17) is 0 Å². The van der Waals surface area contributed by atoms with Gasteiger partial charge in [-0.3, -0.25) is 9.98 Å². The fourth-order valence-electron chi connectivity index (χ4n) is 2.62. The van der Waals surface area contributed by atoms with Crippen molar-refractivity contribution in [3.05, 3.63) is 83.9 Å². The molecule has 3 rings (SSSR count). The molecule has 29 heavy (non-hydrogen) atoms. The smallest absolute Gasteiger partial charge is 0.0631 e. The molecule has 0 aliphatic heterocycles. The summed E-state index contributed by atoms with van der Waals surface area (Å²) in [5.74, 6) is 0. The van der Waals surface area contributed by atoms with Gasteiger partial charge in [0.2, 0.25) is 0 Å².